The van der Waals surface area contributed by atoms with Crippen LogP contribution >= 0.6 is 11.8 Å². The lowest BCUT2D eigenvalue weighted by molar-refractivity contribution is -0.145. The molecule has 5 nitrogen and oxygen atoms in total. The predicted molar refractivity (Wildman–Crippen MR) is 77.1 cm³/mol. The fourth-order valence-electron chi connectivity index (χ4n) is 3.63. The first-order chi connectivity index (χ1) is 9.55. The van der Waals surface area contributed by atoms with E-state index < -0.39 is 0 Å². The van der Waals surface area contributed by atoms with E-state index in [4.69, 9.17) is 0 Å². The Labute approximate surface area is 123 Å². The van der Waals surface area contributed by atoms with E-state index in [1.165, 1.54) is 0 Å². The number of aliphatic hydroxyl groups is 1. The van der Waals surface area contributed by atoms with E-state index in [0.29, 0.717) is 18.7 Å². The van der Waals surface area contributed by atoms with Crippen LogP contribution in [0.5, 0.6) is 0 Å². The van der Waals surface area contributed by atoms with E-state index in [2.05, 4.69) is 6.92 Å². The maximum atomic E-state index is 12.7. The third-order valence-electron chi connectivity index (χ3n) is 4.82. The molecule has 3 heterocycles. The minimum atomic E-state index is -0.294. The number of carbonyl (C=O) groups excluding carboxylic acids is 2. The van der Waals surface area contributed by atoms with Gasteiger partial charge in [0.05, 0.1) is 4.87 Å². The van der Waals surface area contributed by atoms with Gasteiger partial charge in [-0.25, -0.2) is 0 Å². The van der Waals surface area contributed by atoms with Crippen LogP contribution < -0.4 is 0 Å². The minimum absolute atomic E-state index is 0.0784. The van der Waals surface area contributed by atoms with E-state index in [1.54, 1.807) is 11.8 Å². The van der Waals surface area contributed by atoms with Gasteiger partial charge in [-0.1, -0.05) is 0 Å². The fraction of sp³-hybridized carbons (Fsp3) is 0.857. The number of piperidine rings is 1. The van der Waals surface area contributed by atoms with Crippen molar-refractivity contribution in [3.8, 4) is 0 Å². The highest BCUT2D eigenvalue weighted by Gasteiger charge is 2.53. The van der Waals surface area contributed by atoms with E-state index >= 15 is 0 Å². The normalized spacial score (nSPS) is 37.4. The van der Waals surface area contributed by atoms with E-state index in [0.717, 1.165) is 25.8 Å². The molecule has 6 heteroatoms. The highest BCUT2D eigenvalue weighted by atomic mass is 32.2. The fourth-order valence-corrected chi connectivity index (χ4v) is 5.05. The Morgan fingerprint density at radius 1 is 1.55 bits per heavy atom. The molecule has 112 valence electrons. The third-order valence-corrected chi connectivity index (χ3v) is 6.32. The first-order valence-corrected chi connectivity index (χ1v) is 8.39. The number of fused-ring (bicyclic) bond motifs is 1. The topological polar surface area (TPSA) is 60.9 Å². The van der Waals surface area contributed by atoms with Gasteiger partial charge in [-0.05, 0) is 32.1 Å². The summed E-state index contributed by atoms with van der Waals surface area (Å²) in [6.45, 7) is 3.61. The third kappa shape index (κ3) is 2.22. The Kier molecular flexibility index (Phi) is 3.71. The molecule has 3 unspecified atom stereocenters. The van der Waals surface area contributed by atoms with Crippen LogP contribution in [0.15, 0.2) is 0 Å². The first-order valence-electron chi connectivity index (χ1n) is 7.41. The molecule has 0 aliphatic carbocycles. The van der Waals surface area contributed by atoms with Crippen molar-refractivity contribution >= 4 is 23.6 Å². The monoisotopic (exact) mass is 298 g/mol. The summed E-state index contributed by atoms with van der Waals surface area (Å²) >= 11 is 1.73. The SMILES string of the molecule is CC12CCC(=O)N1C(C(=O)N1CCCC(CO)C1)CS2. The molecule has 0 aromatic carbocycles. The molecule has 0 saturated carbocycles. The van der Waals surface area contributed by atoms with E-state index in [9.17, 15) is 14.7 Å². The number of amides is 2. The highest BCUT2D eigenvalue weighted by molar-refractivity contribution is 8.01. The van der Waals surface area contributed by atoms with E-state index in [1.807, 2.05) is 9.80 Å². The van der Waals surface area contributed by atoms with Crippen molar-refractivity contribution in [3.05, 3.63) is 0 Å². The lowest BCUT2D eigenvalue weighted by Crippen LogP contribution is -2.53. The van der Waals surface area contributed by atoms with Gasteiger partial charge in [-0.2, -0.15) is 0 Å². The zero-order valence-corrected chi connectivity index (χ0v) is 12.7. The zero-order valence-electron chi connectivity index (χ0n) is 11.9. The van der Waals surface area contributed by atoms with Gasteiger partial charge in [0.1, 0.15) is 6.04 Å². The lowest BCUT2D eigenvalue weighted by atomic mass is 9.98. The lowest BCUT2D eigenvalue weighted by Gasteiger charge is -2.36. The molecule has 3 fully saturated rings. The number of hydrogen-bond acceptors (Lipinski definition) is 4. The van der Waals surface area contributed by atoms with Crippen LogP contribution in [0, 0.1) is 5.92 Å². The second kappa shape index (κ2) is 5.22. The van der Waals surface area contributed by atoms with Crippen LogP contribution in [0.4, 0.5) is 0 Å². The number of carbonyl (C=O) groups is 2. The molecular weight excluding hydrogens is 276 g/mol. The summed E-state index contributed by atoms with van der Waals surface area (Å²) in [6, 6.07) is -0.294. The molecule has 0 radical (unpaired) electrons. The second-order valence-corrected chi connectivity index (χ2v) is 7.74. The summed E-state index contributed by atoms with van der Waals surface area (Å²) in [5.74, 6) is 1.10. The number of nitrogens with zero attached hydrogens (tertiary/aromatic N) is 2. The molecule has 1 N–H and O–H groups in total. The Bertz CT molecular complexity index is 431. The van der Waals surface area contributed by atoms with Gasteiger partial charge in [0.15, 0.2) is 0 Å². The van der Waals surface area contributed by atoms with Crippen LogP contribution in [0.2, 0.25) is 0 Å². The Morgan fingerprint density at radius 2 is 2.35 bits per heavy atom. The molecular formula is C14H22N2O3S. The maximum Gasteiger partial charge on any atom is 0.246 e. The summed E-state index contributed by atoms with van der Waals surface area (Å²) in [4.78, 5) is 28.3. The van der Waals surface area contributed by atoms with Crippen molar-refractivity contribution in [2.24, 2.45) is 5.92 Å². The first kappa shape index (κ1) is 14.2. The summed E-state index contributed by atoms with van der Waals surface area (Å²) < 4.78 is 0. The van der Waals surface area contributed by atoms with Crippen LogP contribution in [0.3, 0.4) is 0 Å². The smallest absolute Gasteiger partial charge is 0.246 e. The van der Waals surface area contributed by atoms with Gasteiger partial charge in [-0.15, -0.1) is 11.8 Å². The average molecular weight is 298 g/mol. The molecule has 3 aliphatic rings. The quantitative estimate of drug-likeness (QED) is 0.814. The molecule has 3 aliphatic heterocycles. The van der Waals surface area contributed by atoms with Crippen molar-refractivity contribution in [2.45, 2.75) is 43.5 Å². The number of thioether (sulfide) groups is 1. The van der Waals surface area contributed by atoms with Gasteiger partial charge >= 0.3 is 0 Å². The molecule has 3 saturated heterocycles. The maximum absolute atomic E-state index is 12.7. The second-order valence-electron chi connectivity index (χ2n) is 6.24. The van der Waals surface area contributed by atoms with Gasteiger partial charge < -0.3 is 14.9 Å². The Balaban J connectivity index is 1.73. The molecule has 0 spiro atoms. The summed E-state index contributed by atoms with van der Waals surface area (Å²) in [5, 5.41) is 9.28. The van der Waals surface area contributed by atoms with E-state index in [-0.39, 0.29) is 35.3 Å². The number of likely N-dealkylation sites (tertiary alicyclic amines) is 1. The summed E-state index contributed by atoms with van der Waals surface area (Å²) in [5.41, 5.74) is 0. The van der Waals surface area contributed by atoms with Crippen LogP contribution in [-0.4, -0.2) is 63.1 Å². The largest absolute Gasteiger partial charge is 0.396 e. The highest BCUT2D eigenvalue weighted by Crippen LogP contribution is 2.47. The van der Waals surface area contributed by atoms with Gasteiger partial charge in [0.2, 0.25) is 11.8 Å². The summed E-state index contributed by atoms with van der Waals surface area (Å²) in [6.07, 6.45) is 3.34. The molecule has 20 heavy (non-hydrogen) atoms. The van der Waals surface area contributed by atoms with Crippen molar-refractivity contribution in [1.29, 1.82) is 0 Å². The Hall–Kier alpha value is -0.750. The molecule has 3 rings (SSSR count). The average Bonchev–Trinajstić information content (AvgIpc) is 2.95. The van der Waals surface area contributed by atoms with Crippen molar-refractivity contribution in [3.63, 3.8) is 0 Å². The minimum Gasteiger partial charge on any atom is -0.396 e. The van der Waals surface area contributed by atoms with Crippen LogP contribution in [0.1, 0.15) is 32.6 Å². The predicted octanol–water partition coefficient (Wildman–Crippen LogP) is 0.671. The molecule has 0 aromatic rings. The number of rotatable bonds is 2. The number of hydrogen-bond donors (Lipinski definition) is 1. The van der Waals surface area contributed by atoms with Gasteiger partial charge in [0, 0.05) is 31.9 Å². The van der Waals surface area contributed by atoms with Crippen molar-refractivity contribution in [2.75, 3.05) is 25.4 Å². The molecule has 0 bridgehead atoms. The van der Waals surface area contributed by atoms with Crippen molar-refractivity contribution in [1.82, 2.24) is 9.80 Å². The molecule has 0 aromatic heterocycles. The van der Waals surface area contributed by atoms with Gasteiger partial charge in [0.25, 0.3) is 0 Å². The number of aliphatic hydroxyl groups excluding tert-OH is 1. The zero-order chi connectivity index (χ0) is 14.3. The molecule has 2 amide bonds. The standard InChI is InChI=1S/C14H22N2O3S/c1-14-5-4-12(18)16(14)11(9-20-14)13(19)15-6-2-3-10(7-15)8-17/h10-11,17H,2-9H2,1H3. The molecule has 3 atom stereocenters. The van der Waals surface area contributed by atoms with Crippen molar-refractivity contribution < 1.29 is 14.7 Å². The van der Waals surface area contributed by atoms with Crippen LogP contribution in [0.25, 0.3) is 0 Å². The van der Waals surface area contributed by atoms with Crippen LogP contribution in [-0.2, 0) is 9.59 Å². The van der Waals surface area contributed by atoms with Gasteiger partial charge in [-0.3, -0.25) is 9.59 Å². The Morgan fingerprint density at radius 3 is 3.10 bits per heavy atom. The summed E-state index contributed by atoms with van der Waals surface area (Å²) in [7, 11) is 0.